The van der Waals surface area contributed by atoms with Crippen molar-refractivity contribution in [1.82, 2.24) is 14.8 Å². The van der Waals surface area contributed by atoms with Crippen molar-refractivity contribution in [3.05, 3.63) is 36.2 Å². The Morgan fingerprint density at radius 2 is 2.21 bits per heavy atom. The second-order valence-corrected chi connectivity index (χ2v) is 5.84. The van der Waals surface area contributed by atoms with Crippen LogP contribution in [-0.2, 0) is 16.6 Å². The van der Waals surface area contributed by atoms with Crippen molar-refractivity contribution in [1.29, 1.82) is 0 Å². The molecule has 0 aliphatic rings. The third-order valence-corrected chi connectivity index (χ3v) is 3.93. The summed E-state index contributed by atoms with van der Waals surface area (Å²) in [6.45, 7) is 3.92. The summed E-state index contributed by atoms with van der Waals surface area (Å²) in [6, 6.07) is 4.31. The molecule has 0 fully saturated rings. The molecule has 1 aromatic carbocycles. The zero-order valence-corrected chi connectivity index (χ0v) is 11.5. The average Bonchev–Trinajstić information content (AvgIpc) is 2.80. The Morgan fingerprint density at radius 3 is 2.84 bits per heavy atom. The number of rotatable bonds is 4. The van der Waals surface area contributed by atoms with Crippen LogP contribution in [-0.4, -0.2) is 19.0 Å². The van der Waals surface area contributed by atoms with Gasteiger partial charge in [-0.3, -0.25) is 4.21 Å². The summed E-state index contributed by atoms with van der Waals surface area (Å²) in [7, 11) is -1.38. The fraction of sp³-hybridized carbons (Fsp3) is 0.333. The lowest BCUT2D eigenvalue weighted by Gasteiger charge is -2.09. The predicted octanol–water partition coefficient (Wildman–Crippen LogP) is 1.89. The first-order valence-electron chi connectivity index (χ1n) is 5.81. The smallest absolute Gasteiger partial charge is 0.147 e. The van der Waals surface area contributed by atoms with Crippen LogP contribution in [0.4, 0.5) is 10.1 Å². The van der Waals surface area contributed by atoms with E-state index in [2.05, 4.69) is 10.1 Å². The lowest BCUT2D eigenvalue weighted by molar-refractivity contribution is 0.513. The summed E-state index contributed by atoms with van der Waals surface area (Å²) in [5.41, 5.74) is 5.44. The van der Waals surface area contributed by atoms with Crippen LogP contribution >= 0.6 is 0 Å². The molecular weight excluding hydrogens is 267 g/mol. The van der Waals surface area contributed by atoms with Crippen molar-refractivity contribution in [2.75, 3.05) is 5.73 Å². The molecule has 1 unspecified atom stereocenters. The highest BCUT2D eigenvalue weighted by molar-refractivity contribution is 7.84. The highest BCUT2D eigenvalue weighted by Crippen LogP contribution is 2.17. The third kappa shape index (κ3) is 2.98. The van der Waals surface area contributed by atoms with Gasteiger partial charge in [0.05, 0.1) is 22.2 Å². The second-order valence-electron chi connectivity index (χ2n) is 4.39. The summed E-state index contributed by atoms with van der Waals surface area (Å²) < 4.78 is 27.2. The zero-order valence-electron chi connectivity index (χ0n) is 10.7. The average molecular weight is 282 g/mol. The molecule has 1 aromatic heterocycles. The van der Waals surface area contributed by atoms with E-state index in [1.54, 1.807) is 10.7 Å². The third-order valence-electron chi connectivity index (χ3n) is 2.63. The van der Waals surface area contributed by atoms with E-state index in [1.807, 2.05) is 13.8 Å². The van der Waals surface area contributed by atoms with Crippen LogP contribution in [0.3, 0.4) is 0 Å². The number of halogens is 1. The van der Waals surface area contributed by atoms with Crippen LogP contribution in [0.15, 0.2) is 29.4 Å². The van der Waals surface area contributed by atoms with Crippen LogP contribution in [0.1, 0.15) is 25.7 Å². The number of nitrogen functional groups attached to an aromatic ring is 1. The Bertz CT molecular complexity index is 612. The highest BCUT2D eigenvalue weighted by atomic mass is 32.2. The number of nitrogens with zero attached hydrogens (tertiary/aromatic N) is 3. The molecule has 0 radical (unpaired) electrons. The van der Waals surface area contributed by atoms with Gasteiger partial charge in [-0.2, -0.15) is 5.10 Å². The quantitative estimate of drug-likeness (QED) is 0.869. The summed E-state index contributed by atoms with van der Waals surface area (Å²) in [6.07, 6.45) is 1.43. The first-order valence-corrected chi connectivity index (χ1v) is 7.12. The van der Waals surface area contributed by atoms with Crippen molar-refractivity contribution in [3.8, 4) is 0 Å². The van der Waals surface area contributed by atoms with E-state index in [1.165, 1.54) is 18.5 Å². The van der Waals surface area contributed by atoms with Gasteiger partial charge in [-0.05, 0) is 32.0 Å². The normalized spacial score (nSPS) is 12.8. The minimum absolute atomic E-state index is 0.0473. The standard InChI is InChI=1S/C12H15FN4OS/c1-8(2)17-12(15-7-16-17)6-19(18)9-3-4-11(14)10(13)5-9/h3-5,7-8H,6,14H2,1-2H3. The topological polar surface area (TPSA) is 73.8 Å². The molecule has 102 valence electrons. The van der Waals surface area contributed by atoms with Crippen LogP contribution < -0.4 is 5.73 Å². The van der Waals surface area contributed by atoms with Crippen molar-refractivity contribution in [3.63, 3.8) is 0 Å². The van der Waals surface area contributed by atoms with E-state index >= 15 is 0 Å². The first kappa shape index (κ1) is 13.7. The molecule has 1 heterocycles. The fourth-order valence-electron chi connectivity index (χ4n) is 1.66. The molecule has 0 saturated carbocycles. The Morgan fingerprint density at radius 1 is 1.47 bits per heavy atom. The summed E-state index contributed by atoms with van der Waals surface area (Å²) >= 11 is 0. The van der Waals surface area contributed by atoms with Crippen LogP contribution in [0, 0.1) is 5.82 Å². The molecule has 0 aliphatic heterocycles. The van der Waals surface area contributed by atoms with E-state index in [0.29, 0.717) is 10.7 Å². The molecule has 0 amide bonds. The van der Waals surface area contributed by atoms with Gasteiger partial charge in [-0.1, -0.05) is 0 Å². The number of anilines is 1. The van der Waals surface area contributed by atoms with E-state index in [-0.39, 0.29) is 17.5 Å². The summed E-state index contributed by atoms with van der Waals surface area (Å²) in [5.74, 6) is 0.253. The van der Waals surface area contributed by atoms with E-state index in [0.717, 1.165) is 0 Å². The Hall–Kier alpha value is -1.76. The molecule has 0 spiro atoms. The molecule has 0 saturated heterocycles. The number of benzene rings is 1. The summed E-state index contributed by atoms with van der Waals surface area (Å²) in [4.78, 5) is 4.48. The first-order chi connectivity index (χ1) is 8.99. The Balaban J connectivity index is 2.21. The lowest BCUT2D eigenvalue weighted by Crippen LogP contribution is -2.10. The van der Waals surface area contributed by atoms with E-state index in [4.69, 9.17) is 5.73 Å². The van der Waals surface area contributed by atoms with Crippen molar-refractivity contribution < 1.29 is 8.60 Å². The molecule has 0 bridgehead atoms. The van der Waals surface area contributed by atoms with Gasteiger partial charge in [0.2, 0.25) is 0 Å². The van der Waals surface area contributed by atoms with Crippen molar-refractivity contribution >= 4 is 16.5 Å². The SMILES string of the molecule is CC(C)n1ncnc1CS(=O)c1ccc(N)c(F)c1. The van der Waals surface area contributed by atoms with Gasteiger partial charge < -0.3 is 5.73 Å². The van der Waals surface area contributed by atoms with Crippen molar-refractivity contribution in [2.24, 2.45) is 0 Å². The van der Waals surface area contributed by atoms with Crippen LogP contribution in [0.25, 0.3) is 0 Å². The number of hydrogen-bond acceptors (Lipinski definition) is 4. The Kier molecular flexibility index (Phi) is 3.94. The molecule has 2 N–H and O–H groups in total. The highest BCUT2D eigenvalue weighted by Gasteiger charge is 2.13. The van der Waals surface area contributed by atoms with Crippen LogP contribution in [0.2, 0.25) is 0 Å². The van der Waals surface area contributed by atoms with E-state index in [9.17, 15) is 8.60 Å². The fourth-order valence-corrected chi connectivity index (χ4v) is 2.72. The maximum absolute atomic E-state index is 13.3. The van der Waals surface area contributed by atoms with Crippen LogP contribution in [0.5, 0.6) is 0 Å². The maximum Gasteiger partial charge on any atom is 0.147 e. The minimum Gasteiger partial charge on any atom is -0.396 e. The van der Waals surface area contributed by atoms with E-state index < -0.39 is 16.6 Å². The van der Waals surface area contributed by atoms with Gasteiger partial charge in [-0.25, -0.2) is 14.1 Å². The molecule has 1 atom stereocenters. The van der Waals surface area contributed by atoms with Gasteiger partial charge in [-0.15, -0.1) is 0 Å². The molecule has 19 heavy (non-hydrogen) atoms. The number of nitrogens with two attached hydrogens (primary N) is 1. The largest absolute Gasteiger partial charge is 0.396 e. The molecule has 0 aliphatic carbocycles. The van der Waals surface area contributed by atoms with Gasteiger partial charge >= 0.3 is 0 Å². The molecule has 7 heteroatoms. The second kappa shape index (κ2) is 5.48. The van der Waals surface area contributed by atoms with Gasteiger partial charge in [0, 0.05) is 10.9 Å². The van der Waals surface area contributed by atoms with Gasteiger partial charge in [0.1, 0.15) is 18.0 Å². The monoisotopic (exact) mass is 282 g/mol. The molecule has 2 aromatic rings. The molecular formula is C12H15FN4OS. The summed E-state index contributed by atoms with van der Waals surface area (Å²) in [5, 5.41) is 4.07. The Labute approximate surface area is 113 Å². The lowest BCUT2D eigenvalue weighted by atomic mass is 10.3. The van der Waals surface area contributed by atoms with Gasteiger partial charge in [0.15, 0.2) is 0 Å². The van der Waals surface area contributed by atoms with Crippen molar-refractivity contribution in [2.45, 2.75) is 30.5 Å². The zero-order chi connectivity index (χ0) is 14.0. The number of aromatic nitrogens is 3. The molecule has 2 rings (SSSR count). The minimum atomic E-state index is -1.38. The number of hydrogen-bond donors (Lipinski definition) is 1. The maximum atomic E-state index is 13.3. The molecule has 5 nitrogen and oxygen atoms in total. The predicted molar refractivity (Wildman–Crippen MR) is 71.3 cm³/mol. The van der Waals surface area contributed by atoms with Gasteiger partial charge in [0.25, 0.3) is 0 Å².